The molecule has 5 heteroatoms. The Morgan fingerprint density at radius 3 is 2.57 bits per heavy atom. The largest absolute Gasteiger partial charge is 0.376 e. The van der Waals surface area contributed by atoms with Gasteiger partial charge in [0.15, 0.2) is 6.10 Å². The Labute approximate surface area is 146 Å². The highest BCUT2D eigenvalue weighted by molar-refractivity contribution is 9.10. The lowest BCUT2D eigenvalue weighted by Gasteiger charge is -2.39. The molecule has 2 aliphatic rings. The molecule has 0 radical (unpaired) electrons. The first-order valence-corrected chi connectivity index (χ1v) is 9.22. The number of carbonyl (C=O) groups excluding carboxylic acids is 1. The van der Waals surface area contributed by atoms with Crippen molar-refractivity contribution in [3.8, 4) is 0 Å². The van der Waals surface area contributed by atoms with Crippen LogP contribution in [-0.4, -0.2) is 37.4 Å². The number of halogens is 1. The summed E-state index contributed by atoms with van der Waals surface area (Å²) < 4.78 is 12.0. The highest BCUT2D eigenvalue weighted by Gasteiger charge is 2.36. The summed E-state index contributed by atoms with van der Waals surface area (Å²) in [6, 6.07) is 8.39. The van der Waals surface area contributed by atoms with Crippen molar-refractivity contribution in [3.05, 3.63) is 34.3 Å². The molecule has 1 heterocycles. The standard InChI is InChI=1S/C18H24BrNO3/c19-15-6-4-14(5-7-15)12-18(8-2-1-3-9-18)20-17(21)16-13-22-10-11-23-16/h4-7,16H,1-3,8-13H2,(H,20,21). The van der Waals surface area contributed by atoms with E-state index in [1.165, 1.54) is 24.8 Å². The van der Waals surface area contributed by atoms with Crippen molar-refractivity contribution in [3.63, 3.8) is 0 Å². The summed E-state index contributed by atoms with van der Waals surface area (Å²) in [5.74, 6) is -0.0243. The Morgan fingerprint density at radius 2 is 1.91 bits per heavy atom. The van der Waals surface area contributed by atoms with Gasteiger partial charge in [-0.1, -0.05) is 47.3 Å². The number of ether oxygens (including phenoxy) is 2. The predicted molar refractivity (Wildman–Crippen MR) is 92.4 cm³/mol. The van der Waals surface area contributed by atoms with Gasteiger partial charge in [0.05, 0.1) is 19.8 Å². The van der Waals surface area contributed by atoms with Crippen LogP contribution in [0.4, 0.5) is 0 Å². The molecule has 1 unspecified atom stereocenters. The minimum Gasteiger partial charge on any atom is -0.376 e. The minimum atomic E-state index is -0.465. The molecule has 1 saturated carbocycles. The van der Waals surface area contributed by atoms with E-state index in [4.69, 9.17) is 9.47 Å². The van der Waals surface area contributed by atoms with Crippen LogP contribution in [0.2, 0.25) is 0 Å². The lowest BCUT2D eigenvalue weighted by atomic mass is 9.77. The van der Waals surface area contributed by atoms with Crippen molar-refractivity contribution < 1.29 is 14.3 Å². The number of hydrogen-bond donors (Lipinski definition) is 1. The summed E-state index contributed by atoms with van der Waals surface area (Å²) in [7, 11) is 0. The third kappa shape index (κ3) is 4.55. The maximum Gasteiger partial charge on any atom is 0.251 e. The molecule has 0 spiro atoms. The first kappa shape index (κ1) is 16.9. The molecule has 1 atom stereocenters. The van der Waals surface area contributed by atoms with Crippen molar-refractivity contribution in [2.45, 2.75) is 50.2 Å². The van der Waals surface area contributed by atoms with Gasteiger partial charge in [-0.2, -0.15) is 0 Å². The van der Waals surface area contributed by atoms with Crippen LogP contribution in [0, 0.1) is 0 Å². The van der Waals surface area contributed by atoms with Gasteiger partial charge in [0.1, 0.15) is 0 Å². The van der Waals surface area contributed by atoms with Crippen LogP contribution in [0.15, 0.2) is 28.7 Å². The van der Waals surface area contributed by atoms with Gasteiger partial charge in [-0.05, 0) is 37.0 Å². The molecule has 3 rings (SSSR count). The Balaban J connectivity index is 1.70. The average Bonchev–Trinajstić information content (AvgIpc) is 2.58. The van der Waals surface area contributed by atoms with Gasteiger partial charge >= 0.3 is 0 Å². The average molecular weight is 382 g/mol. The first-order valence-electron chi connectivity index (χ1n) is 8.43. The molecule has 23 heavy (non-hydrogen) atoms. The van der Waals surface area contributed by atoms with Gasteiger partial charge in [-0.25, -0.2) is 0 Å². The lowest BCUT2D eigenvalue weighted by Crippen LogP contribution is -2.56. The molecule has 0 bridgehead atoms. The zero-order chi connectivity index (χ0) is 16.1. The van der Waals surface area contributed by atoms with Crippen LogP contribution in [0.3, 0.4) is 0 Å². The van der Waals surface area contributed by atoms with E-state index in [1.54, 1.807) is 0 Å². The fraction of sp³-hybridized carbons (Fsp3) is 0.611. The van der Waals surface area contributed by atoms with Crippen LogP contribution in [-0.2, 0) is 20.7 Å². The molecule has 1 aliphatic heterocycles. The predicted octanol–water partition coefficient (Wildman–Crippen LogP) is 3.23. The molecule has 1 aromatic rings. The van der Waals surface area contributed by atoms with Crippen molar-refractivity contribution >= 4 is 21.8 Å². The summed E-state index contributed by atoms with van der Waals surface area (Å²) in [6.07, 6.45) is 6.05. The highest BCUT2D eigenvalue weighted by atomic mass is 79.9. The minimum absolute atomic E-state index is 0.0243. The summed E-state index contributed by atoms with van der Waals surface area (Å²) in [6.45, 7) is 1.44. The summed E-state index contributed by atoms with van der Waals surface area (Å²) in [5, 5.41) is 3.31. The zero-order valence-corrected chi connectivity index (χ0v) is 14.9. The highest BCUT2D eigenvalue weighted by Crippen LogP contribution is 2.32. The molecule has 1 amide bonds. The van der Waals surface area contributed by atoms with Crippen LogP contribution in [0.1, 0.15) is 37.7 Å². The first-order chi connectivity index (χ1) is 11.2. The molecule has 2 fully saturated rings. The zero-order valence-electron chi connectivity index (χ0n) is 13.4. The molecule has 126 valence electrons. The number of rotatable bonds is 4. The smallest absolute Gasteiger partial charge is 0.251 e. The fourth-order valence-corrected chi connectivity index (χ4v) is 3.81. The van der Waals surface area contributed by atoms with Crippen molar-refractivity contribution in [2.75, 3.05) is 19.8 Å². The molecule has 1 aliphatic carbocycles. The second-order valence-electron chi connectivity index (χ2n) is 6.57. The van der Waals surface area contributed by atoms with Gasteiger partial charge in [0.2, 0.25) is 0 Å². The molecular formula is C18H24BrNO3. The van der Waals surface area contributed by atoms with Gasteiger partial charge in [0.25, 0.3) is 5.91 Å². The summed E-state index contributed by atoms with van der Waals surface area (Å²) >= 11 is 3.48. The molecule has 1 N–H and O–H groups in total. The Kier molecular flexibility index (Phi) is 5.72. The second kappa shape index (κ2) is 7.77. The lowest BCUT2D eigenvalue weighted by molar-refractivity contribution is -0.149. The number of hydrogen-bond acceptors (Lipinski definition) is 3. The number of benzene rings is 1. The van der Waals surface area contributed by atoms with Crippen LogP contribution < -0.4 is 5.32 Å². The maximum atomic E-state index is 12.6. The second-order valence-corrected chi connectivity index (χ2v) is 7.48. The van der Waals surface area contributed by atoms with E-state index in [1.807, 2.05) is 0 Å². The molecular weight excluding hydrogens is 358 g/mol. The van der Waals surface area contributed by atoms with E-state index in [0.29, 0.717) is 19.8 Å². The quantitative estimate of drug-likeness (QED) is 0.870. The van der Waals surface area contributed by atoms with E-state index in [2.05, 4.69) is 45.5 Å². The topological polar surface area (TPSA) is 47.6 Å². The van der Waals surface area contributed by atoms with Crippen LogP contribution in [0.5, 0.6) is 0 Å². The van der Waals surface area contributed by atoms with E-state index < -0.39 is 6.10 Å². The Bertz CT molecular complexity index is 520. The normalized spacial score (nSPS) is 24.1. The number of amides is 1. The summed E-state index contributed by atoms with van der Waals surface area (Å²) in [4.78, 5) is 12.6. The van der Waals surface area contributed by atoms with E-state index >= 15 is 0 Å². The third-order valence-corrected chi connectivity index (χ3v) is 5.29. The monoisotopic (exact) mass is 381 g/mol. The molecule has 1 aromatic carbocycles. The molecule has 1 saturated heterocycles. The molecule has 4 nitrogen and oxygen atoms in total. The van der Waals surface area contributed by atoms with E-state index in [0.717, 1.165) is 23.7 Å². The van der Waals surface area contributed by atoms with E-state index in [9.17, 15) is 4.79 Å². The van der Waals surface area contributed by atoms with E-state index in [-0.39, 0.29) is 11.4 Å². The fourth-order valence-electron chi connectivity index (χ4n) is 3.55. The number of nitrogens with one attached hydrogen (secondary N) is 1. The maximum absolute atomic E-state index is 12.6. The Morgan fingerprint density at radius 1 is 1.17 bits per heavy atom. The van der Waals surface area contributed by atoms with Gasteiger partial charge < -0.3 is 14.8 Å². The van der Waals surface area contributed by atoms with Crippen LogP contribution in [0.25, 0.3) is 0 Å². The van der Waals surface area contributed by atoms with Crippen molar-refractivity contribution in [2.24, 2.45) is 0 Å². The third-order valence-electron chi connectivity index (χ3n) is 4.76. The van der Waals surface area contributed by atoms with Crippen molar-refractivity contribution in [1.29, 1.82) is 0 Å². The van der Waals surface area contributed by atoms with Crippen molar-refractivity contribution in [1.82, 2.24) is 5.32 Å². The van der Waals surface area contributed by atoms with Crippen LogP contribution >= 0.6 is 15.9 Å². The van der Waals surface area contributed by atoms with Gasteiger partial charge in [-0.3, -0.25) is 4.79 Å². The van der Waals surface area contributed by atoms with Gasteiger partial charge in [0, 0.05) is 10.0 Å². The Hall–Kier alpha value is -0.910. The molecule has 0 aromatic heterocycles. The SMILES string of the molecule is O=C(NC1(Cc2ccc(Br)cc2)CCCCC1)C1COCCO1. The number of carbonyl (C=O) groups is 1. The summed E-state index contributed by atoms with van der Waals surface area (Å²) in [5.41, 5.74) is 1.11. The van der Waals surface area contributed by atoms with Gasteiger partial charge in [-0.15, -0.1) is 0 Å².